The second-order valence-corrected chi connectivity index (χ2v) is 5.45. The smallest absolute Gasteiger partial charge is 0.410 e. The number of amides is 1. The quantitative estimate of drug-likeness (QED) is 0.574. The van der Waals surface area contributed by atoms with Crippen molar-refractivity contribution in [2.45, 2.75) is 42.8 Å². The van der Waals surface area contributed by atoms with Crippen LogP contribution in [0.15, 0.2) is 0 Å². The average Bonchev–Trinajstić information content (AvgIpc) is 2.93. The van der Waals surface area contributed by atoms with Crippen LogP contribution in [0.4, 0.5) is 4.79 Å². The highest BCUT2D eigenvalue weighted by atomic mass is 16.6. The van der Waals surface area contributed by atoms with Gasteiger partial charge in [0.25, 0.3) is 0 Å². The second-order valence-electron chi connectivity index (χ2n) is 5.45. The number of piperidine rings is 1. The van der Waals surface area contributed by atoms with Gasteiger partial charge in [0.15, 0.2) is 0 Å². The van der Waals surface area contributed by atoms with Crippen LogP contribution >= 0.6 is 0 Å². The predicted molar refractivity (Wildman–Crippen MR) is 54.2 cm³/mol. The highest BCUT2D eigenvalue weighted by molar-refractivity contribution is 5.71. The van der Waals surface area contributed by atoms with E-state index in [4.69, 9.17) is 9.47 Å². The highest BCUT2D eigenvalue weighted by Crippen LogP contribution is 2.55. The third-order valence-electron chi connectivity index (χ3n) is 4.89. The van der Waals surface area contributed by atoms with Crippen molar-refractivity contribution in [3.63, 3.8) is 0 Å². The third kappa shape index (κ3) is 0.963. The lowest BCUT2D eigenvalue weighted by molar-refractivity contribution is -0.134. The Hall–Kier alpha value is -0.850. The molecule has 6 nitrogen and oxygen atoms in total. The molecule has 4 heterocycles. The molecule has 4 aliphatic heterocycles. The number of rotatable bonds is 0. The van der Waals surface area contributed by atoms with Gasteiger partial charge < -0.3 is 19.7 Å². The zero-order valence-corrected chi connectivity index (χ0v) is 9.28. The Bertz CT molecular complexity index is 384. The monoisotopic (exact) mass is 241 g/mol. The fourth-order valence-corrected chi connectivity index (χ4v) is 4.12. The number of fused-ring (bicyclic) bond motifs is 2. The Morgan fingerprint density at radius 2 is 2.24 bits per heavy atom. The van der Waals surface area contributed by atoms with Gasteiger partial charge in [-0.1, -0.05) is 0 Å². The van der Waals surface area contributed by atoms with Crippen molar-refractivity contribution >= 4 is 6.09 Å². The summed E-state index contributed by atoms with van der Waals surface area (Å²) < 4.78 is 10.9. The zero-order valence-electron chi connectivity index (χ0n) is 9.28. The van der Waals surface area contributed by atoms with E-state index in [9.17, 15) is 15.0 Å². The first kappa shape index (κ1) is 10.1. The molecule has 4 rings (SSSR count). The molecule has 0 aromatic carbocycles. The number of hydrogen-bond donors (Lipinski definition) is 2. The highest BCUT2D eigenvalue weighted by Gasteiger charge is 2.71. The van der Waals surface area contributed by atoms with Crippen molar-refractivity contribution in [2.24, 2.45) is 5.92 Å². The molecule has 2 bridgehead atoms. The molecule has 0 aromatic heterocycles. The molecule has 1 spiro atoms. The average molecular weight is 241 g/mol. The van der Waals surface area contributed by atoms with Crippen LogP contribution in [-0.2, 0) is 9.47 Å². The molecule has 0 radical (unpaired) electrons. The van der Waals surface area contributed by atoms with E-state index in [1.165, 1.54) is 0 Å². The number of nitrogens with zero attached hydrogens (tertiary/aromatic N) is 1. The van der Waals surface area contributed by atoms with Crippen molar-refractivity contribution in [1.29, 1.82) is 0 Å². The molecule has 0 aromatic rings. The molecule has 6 heteroatoms. The lowest BCUT2D eigenvalue weighted by Crippen LogP contribution is -2.66. The second kappa shape index (κ2) is 2.93. The minimum atomic E-state index is -0.909. The zero-order chi connectivity index (χ0) is 11.8. The largest absolute Gasteiger partial charge is 0.447 e. The van der Waals surface area contributed by atoms with E-state index >= 15 is 0 Å². The van der Waals surface area contributed by atoms with Crippen LogP contribution in [0.1, 0.15) is 12.8 Å². The van der Waals surface area contributed by atoms with Gasteiger partial charge in [0.05, 0.1) is 6.10 Å². The summed E-state index contributed by atoms with van der Waals surface area (Å²) in [6, 6.07) is -0.245. The molecule has 2 N–H and O–H groups in total. The van der Waals surface area contributed by atoms with Gasteiger partial charge in [-0.05, 0) is 18.8 Å². The number of carbonyl (C=O) groups is 1. The molecule has 0 aliphatic carbocycles. The Kier molecular flexibility index (Phi) is 1.74. The number of cyclic esters (lactones) is 1. The number of ether oxygens (including phenoxy) is 2. The Morgan fingerprint density at radius 3 is 3.00 bits per heavy atom. The Balaban J connectivity index is 1.78. The van der Waals surface area contributed by atoms with Crippen LogP contribution in [0.5, 0.6) is 0 Å². The lowest BCUT2D eigenvalue weighted by atomic mass is 9.67. The van der Waals surface area contributed by atoms with E-state index in [0.29, 0.717) is 6.54 Å². The van der Waals surface area contributed by atoms with E-state index in [0.717, 1.165) is 12.8 Å². The summed E-state index contributed by atoms with van der Waals surface area (Å²) in [5.41, 5.74) is -0.797. The van der Waals surface area contributed by atoms with Crippen LogP contribution in [0, 0.1) is 5.92 Å². The van der Waals surface area contributed by atoms with Gasteiger partial charge in [0, 0.05) is 6.54 Å². The van der Waals surface area contributed by atoms with E-state index in [1.807, 2.05) is 0 Å². The first-order chi connectivity index (χ1) is 8.14. The van der Waals surface area contributed by atoms with Crippen molar-refractivity contribution in [3.05, 3.63) is 0 Å². The SMILES string of the molecule is O=C1OC[C@@H]2N1CC[C@@H]1C[C@H]3O[C@@]12[C@@H](O)[C@H]3O. The molecule has 6 atom stereocenters. The number of aliphatic hydroxyl groups is 2. The number of hydrogen-bond acceptors (Lipinski definition) is 5. The van der Waals surface area contributed by atoms with E-state index < -0.39 is 17.8 Å². The molecule has 0 saturated carbocycles. The lowest BCUT2D eigenvalue weighted by Gasteiger charge is -2.47. The van der Waals surface area contributed by atoms with Crippen LogP contribution in [0.25, 0.3) is 0 Å². The molecule has 1 amide bonds. The summed E-state index contributed by atoms with van der Waals surface area (Å²) in [6.07, 6.45) is -0.771. The summed E-state index contributed by atoms with van der Waals surface area (Å²) in [4.78, 5) is 13.2. The van der Waals surface area contributed by atoms with Gasteiger partial charge >= 0.3 is 6.09 Å². The maximum absolute atomic E-state index is 11.6. The number of carbonyl (C=O) groups excluding carboxylic acids is 1. The molecule has 0 unspecified atom stereocenters. The summed E-state index contributed by atoms with van der Waals surface area (Å²) in [7, 11) is 0. The van der Waals surface area contributed by atoms with E-state index in [2.05, 4.69) is 0 Å². The van der Waals surface area contributed by atoms with Crippen LogP contribution < -0.4 is 0 Å². The van der Waals surface area contributed by atoms with Gasteiger partial charge in [0.2, 0.25) is 0 Å². The molecule has 4 aliphatic rings. The minimum Gasteiger partial charge on any atom is -0.447 e. The van der Waals surface area contributed by atoms with Gasteiger partial charge in [-0.25, -0.2) is 4.79 Å². The Labute approximate surface area is 98.1 Å². The Morgan fingerprint density at radius 1 is 1.41 bits per heavy atom. The van der Waals surface area contributed by atoms with Gasteiger partial charge in [-0.2, -0.15) is 0 Å². The van der Waals surface area contributed by atoms with Crippen LogP contribution in [0.2, 0.25) is 0 Å². The molecule has 17 heavy (non-hydrogen) atoms. The molecular formula is C11H15NO5. The van der Waals surface area contributed by atoms with Crippen LogP contribution in [0.3, 0.4) is 0 Å². The van der Waals surface area contributed by atoms with Gasteiger partial charge in [-0.3, -0.25) is 4.90 Å². The van der Waals surface area contributed by atoms with E-state index in [-0.39, 0.29) is 30.8 Å². The fraction of sp³-hybridized carbons (Fsp3) is 0.909. The van der Waals surface area contributed by atoms with Crippen molar-refractivity contribution < 1.29 is 24.5 Å². The van der Waals surface area contributed by atoms with Gasteiger partial charge in [0.1, 0.15) is 30.5 Å². The van der Waals surface area contributed by atoms with E-state index in [1.54, 1.807) is 4.90 Å². The maximum Gasteiger partial charge on any atom is 0.410 e. The third-order valence-corrected chi connectivity index (χ3v) is 4.89. The first-order valence-electron chi connectivity index (χ1n) is 6.12. The normalized spacial score (nSPS) is 55.8. The standard InChI is InChI=1S/C11H15NO5/c13-8-6-3-5-1-2-12-7(4-16-10(12)15)11(5,17-6)9(8)14/h5-9,13-14H,1-4H2/t5-,6-,7+,8+,9+,11+/m1/s1. The van der Waals surface area contributed by atoms with Crippen molar-refractivity contribution in [1.82, 2.24) is 4.90 Å². The molecular weight excluding hydrogens is 226 g/mol. The maximum atomic E-state index is 11.6. The summed E-state index contributed by atoms with van der Waals surface area (Å²) >= 11 is 0. The summed E-state index contributed by atoms with van der Waals surface area (Å²) in [5, 5.41) is 20.1. The van der Waals surface area contributed by atoms with Crippen molar-refractivity contribution in [3.8, 4) is 0 Å². The minimum absolute atomic E-state index is 0.224. The molecule has 94 valence electrons. The number of aliphatic hydroxyl groups excluding tert-OH is 2. The predicted octanol–water partition coefficient (Wildman–Crippen LogP) is -0.910. The summed E-state index contributed by atoms with van der Waals surface area (Å²) in [6.45, 7) is 0.917. The fourth-order valence-electron chi connectivity index (χ4n) is 4.12. The first-order valence-corrected chi connectivity index (χ1v) is 6.12. The van der Waals surface area contributed by atoms with Crippen molar-refractivity contribution in [2.75, 3.05) is 13.2 Å². The topological polar surface area (TPSA) is 79.2 Å². The van der Waals surface area contributed by atoms with Gasteiger partial charge in [-0.15, -0.1) is 0 Å². The molecule has 4 fully saturated rings. The van der Waals surface area contributed by atoms with Crippen LogP contribution in [-0.4, -0.2) is 64.3 Å². The molecule has 4 saturated heterocycles. The summed E-state index contributed by atoms with van der Waals surface area (Å²) in [5.74, 6) is 0.224.